The van der Waals surface area contributed by atoms with Crippen molar-refractivity contribution in [3.8, 4) is 0 Å². The largest absolute Gasteiger partial charge is 0.357 e. The number of likely N-dealkylation sites (tertiary alicyclic amines) is 1. The Hall–Kier alpha value is -1.78. The fourth-order valence-electron chi connectivity index (χ4n) is 2.82. The zero-order valence-electron chi connectivity index (χ0n) is 12.6. The number of nitrogens with one attached hydrogen (secondary N) is 1. The molecule has 2 aliphatic rings. The number of amides is 2. The van der Waals surface area contributed by atoms with E-state index >= 15 is 0 Å². The van der Waals surface area contributed by atoms with Gasteiger partial charge in [-0.1, -0.05) is 18.9 Å². The van der Waals surface area contributed by atoms with Gasteiger partial charge in [0, 0.05) is 38.9 Å². The minimum Gasteiger partial charge on any atom is -0.357 e. The van der Waals surface area contributed by atoms with E-state index in [-0.39, 0.29) is 6.03 Å². The van der Waals surface area contributed by atoms with Crippen LogP contribution in [-0.4, -0.2) is 42.1 Å². The number of nitrogens with zero attached hydrogens (tertiary/aromatic N) is 3. The molecule has 3 heterocycles. The minimum atomic E-state index is 0.0397. The van der Waals surface area contributed by atoms with Gasteiger partial charge in [-0.3, -0.25) is 0 Å². The van der Waals surface area contributed by atoms with Gasteiger partial charge >= 0.3 is 6.03 Å². The van der Waals surface area contributed by atoms with Crippen LogP contribution in [0.4, 0.5) is 10.6 Å². The molecular weight excluding hydrogens is 264 g/mol. The van der Waals surface area contributed by atoms with Crippen LogP contribution < -0.4 is 10.2 Å². The van der Waals surface area contributed by atoms with Gasteiger partial charge in [-0.05, 0) is 30.9 Å². The highest BCUT2D eigenvalue weighted by Crippen LogP contribution is 2.17. The van der Waals surface area contributed by atoms with Crippen LogP contribution in [0.2, 0.25) is 0 Å². The molecule has 1 aromatic heterocycles. The third kappa shape index (κ3) is 3.65. The van der Waals surface area contributed by atoms with Crippen LogP contribution >= 0.6 is 0 Å². The van der Waals surface area contributed by atoms with Crippen LogP contribution in [0.5, 0.6) is 0 Å². The molecule has 1 N–H and O–H groups in total. The van der Waals surface area contributed by atoms with Gasteiger partial charge in [-0.2, -0.15) is 0 Å². The molecule has 114 valence electrons. The molecule has 0 radical (unpaired) electrons. The Balaban J connectivity index is 1.52. The molecule has 0 spiro atoms. The van der Waals surface area contributed by atoms with Gasteiger partial charge in [0.1, 0.15) is 5.82 Å². The summed E-state index contributed by atoms with van der Waals surface area (Å²) in [5.74, 6) is 1.06. The maximum absolute atomic E-state index is 11.7. The second-order valence-corrected chi connectivity index (χ2v) is 5.93. The molecule has 0 unspecified atom stereocenters. The van der Waals surface area contributed by atoms with Gasteiger partial charge in [0.25, 0.3) is 0 Å². The molecule has 0 saturated carbocycles. The van der Waals surface area contributed by atoms with Crippen molar-refractivity contribution in [2.24, 2.45) is 0 Å². The standard InChI is InChI=1S/C16H24N4O/c21-16(20-10-5-11-20)18-13-14-6-7-15(17-12-14)19-8-3-1-2-4-9-19/h6-7,12H,1-5,8-11,13H2,(H,18,21). The molecule has 5 heteroatoms. The fourth-order valence-corrected chi connectivity index (χ4v) is 2.82. The number of hydrogen-bond donors (Lipinski definition) is 1. The lowest BCUT2D eigenvalue weighted by Crippen LogP contribution is -2.47. The summed E-state index contributed by atoms with van der Waals surface area (Å²) < 4.78 is 0. The van der Waals surface area contributed by atoms with E-state index in [9.17, 15) is 4.79 Å². The summed E-state index contributed by atoms with van der Waals surface area (Å²) >= 11 is 0. The van der Waals surface area contributed by atoms with E-state index in [2.05, 4.69) is 27.3 Å². The first-order valence-corrected chi connectivity index (χ1v) is 8.05. The number of pyridine rings is 1. The van der Waals surface area contributed by atoms with Crippen LogP contribution in [0, 0.1) is 0 Å². The van der Waals surface area contributed by atoms with Crippen LogP contribution in [0.25, 0.3) is 0 Å². The van der Waals surface area contributed by atoms with E-state index < -0.39 is 0 Å². The predicted molar refractivity (Wildman–Crippen MR) is 83.3 cm³/mol. The Morgan fingerprint density at radius 1 is 1.05 bits per heavy atom. The Kier molecular flexibility index (Phi) is 4.58. The quantitative estimate of drug-likeness (QED) is 0.929. The molecule has 5 nitrogen and oxygen atoms in total. The normalized spacial score (nSPS) is 18.9. The molecule has 0 aliphatic carbocycles. The van der Waals surface area contributed by atoms with E-state index in [0.29, 0.717) is 6.54 Å². The van der Waals surface area contributed by atoms with Crippen LogP contribution in [0.3, 0.4) is 0 Å². The van der Waals surface area contributed by atoms with Gasteiger partial charge in [0.05, 0.1) is 0 Å². The molecule has 0 bridgehead atoms. The zero-order chi connectivity index (χ0) is 14.5. The Morgan fingerprint density at radius 2 is 1.81 bits per heavy atom. The van der Waals surface area contributed by atoms with Gasteiger partial charge in [0.2, 0.25) is 0 Å². The van der Waals surface area contributed by atoms with Crippen molar-refractivity contribution >= 4 is 11.8 Å². The van der Waals surface area contributed by atoms with E-state index in [0.717, 1.165) is 44.0 Å². The number of hydrogen-bond acceptors (Lipinski definition) is 3. The highest BCUT2D eigenvalue weighted by molar-refractivity contribution is 5.74. The lowest BCUT2D eigenvalue weighted by atomic mass is 10.2. The van der Waals surface area contributed by atoms with E-state index in [1.165, 1.54) is 25.7 Å². The van der Waals surface area contributed by atoms with Gasteiger partial charge in [0.15, 0.2) is 0 Å². The Morgan fingerprint density at radius 3 is 2.38 bits per heavy atom. The van der Waals surface area contributed by atoms with Gasteiger partial charge in [-0.25, -0.2) is 9.78 Å². The maximum atomic E-state index is 11.7. The first kappa shape index (κ1) is 14.2. The summed E-state index contributed by atoms with van der Waals surface area (Å²) in [7, 11) is 0. The molecule has 3 rings (SSSR count). The lowest BCUT2D eigenvalue weighted by Gasteiger charge is -2.30. The zero-order valence-corrected chi connectivity index (χ0v) is 12.6. The van der Waals surface area contributed by atoms with Crippen molar-refractivity contribution in [2.75, 3.05) is 31.1 Å². The maximum Gasteiger partial charge on any atom is 0.317 e. The summed E-state index contributed by atoms with van der Waals surface area (Å²) in [4.78, 5) is 20.5. The summed E-state index contributed by atoms with van der Waals surface area (Å²) in [5.41, 5.74) is 1.06. The highest BCUT2D eigenvalue weighted by Gasteiger charge is 2.19. The molecule has 0 atom stereocenters. The second-order valence-electron chi connectivity index (χ2n) is 5.93. The molecule has 2 aliphatic heterocycles. The topological polar surface area (TPSA) is 48.5 Å². The fraction of sp³-hybridized carbons (Fsp3) is 0.625. The van der Waals surface area contributed by atoms with E-state index in [4.69, 9.17) is 0 Å². The molecule has 0 aromatic carbocycles. The molecule has 1 aromatic rings. The number of carbonyl (C=O) groups excluding carboxylic acids is 1. The van der Waals surface area contributed by atoms with Crippen molar-refractivity contribution in [2.45, 2.75) is 38.6 Å². The average Bonchev–Trinajstić information content (AvgIpc) is 2.73. The number of urea groups is 1. The first-order valence-electron chi connectivity index (χ1n) is 8.05. The first-order chi connectivity index (χ1) is 10.3. The Labute approximate surface area is 126 Å². The number of rotatable bonds is 3. The molecular formula is C16H24N4O. The van der Waals surface area contributed by atoms with Crippen molar-refractivity contribution in [3.05, 3.63) is 23.9 Å². The van der Waals surface area contributed by atoms with Gasteiger partial charge < -0.3 is 15.1 Å². The molecule has 2 fully saturated rings. The summed E-state index contributed by atoms with van der Waals surface area (Å²) in [5, 5.41) is 2.94. The minimum absolute atomic E-state index is 0.0397. The van der Waals surface area contributed by atoms with Gasteiger partial charge in [-0.15, -0.1) is 0 Å². The van der Waals surface area contributed by atoms with Crippen LogP contribution in [0.1, 0.15) is 37.7 Å². The van der Waals surface area contributed by atoms with Crippen LogP contribution in [0.15, 0.2) is 18.3 Å². The van der Waals surface area contributed by atoms with Crippen molar-refractivity contribution in [1.82, 2.24) is 15.2 Å². The number of carbonyl (C=O) groups is 1. The third-order valence-corrected chi connectivity index (χ3v) is 4.33. The second kappa shape index (κ2) is 6.78. The average molecular weight is 288 g/mol. The lowest BCUT2D eigenvalue weighted by molar-refractivity contribution is 0.167. The van der Waals surface area contributed by atoms with Crippen molar-refractivity contribution < 1.29 is 4.79 Å². The Bertz CT molecular complexity index is 462. The van der Waals surface area contributed by atoms with E-state index in [1.807, 2.05) is 11.1 Å². The summed E-state index contributed by atoms with van der Waals surface area (Å²) in [6.07, 6.45) is 8.19. The summed E-state index contributed by atoms with van der Waals surface area (Å²) in [6, 6.07) is 4.19. The summed E-state index contributed by atoms with van der Waals surface area (Å²) in [6.45, 7) is 4.55. The third-order valence-electron chi connectivity index (χ3n) is 4.33. The predicted octanol–water partition coefficient (Wildman–Crippen LogP) is 2.38. The highest BCUT2D eigenvalue weighted by atomic mass is 16.2. The van der Waals surface area contributed by atoms with Crippen molar-refractivity contribution in [1.29, 1.82) is 0 Å². The molecule has 2 saturated heterocycles. The van der Waals surface area contributed by atoms with Crippen LogP contribution in [-0.2, 0) is 6.54 Å². The smallest absolute Gasteiger partial charge is 0.317 e. The molecule has 21 heavy (non-hydrogen) atoms. The monoisotopic (exact) mass is 288 g/mol. The number of anilines is 1. The molecule has 2 amide bonds. The number of aromatic nitrogens is 1. The van der Waals surface area contributed by atoms with Crippen molar-refractivity contribution in [3.63, 3.8) is 0 Å². The van der Waals surface area contributed by atoms with E-state index in [1.54, 1.807) is 0 Å². The SMILES string of the molecule is O=C(NCc1ccc(N2CCCCCC2)nc1)N1CCC1.